The lowest BCUT2D eigenvalue weighted by molar-refractivity contribution is -0.112. The molecule has 0 bridgehead atoms. The number of ketones is 1. The van der Waals surface area contributed by atoms with Crippen LogP contribution < -0.4 is 0 Å². The van der Waals surface area contributed by atoms with Crippen molar-refractivity contribution >= 4 is 11.9 Å². The number of carbonyl (C=O) groups is 1. The molecule has 0 fully saturated rings. The Hall–Kier alpha value is -1.58. The normalized spacial score (nSPS) is 10.9. The molecule has 0 saturated heterocycles. The number of halogens is 3. The van der Waals surface area contributed by atoms with Crippen LogP contribution in [-0.4, -0.2) is 5.78 Å². The molecule has 0 heterocycles. The molecular formula is C10H7F3O. The van der Waals surface area contributed by atoms with Gasteiger partial charge in [0.15, 0.2) is 23.2 Å². The molecule has 0 N–H and O–H groups in total. The van der Waals surface area contributed by atoms with Gasteiger partial charge in [0.2, 0.25) is 0 Å². The largest absolute Gasteiger partial charge is 0.295 e. The molecule has 0 radical (unpaired) electrons. The highest BCUT2D eigenvalue weighted by atomic mass is 19.2. The van der Waals surface area contributed by atoms with E-state index in [9.17, 15) is 18.0 Å². The molecule has 0 spiro atoms. The quantitative estimate of drug-likeness (QED) is 0.530. The van der Waals surface area contributed by atoms with E-state index in [1.165, 1.54) is 6.92 Å². The molecule has 1 rings (SSSR count). The van der Waals surface area contributed by atoms with Crippen molar-refractivity contribution in [3.8, 4) is 0 Å². The first-order chi connectivity index (χ1) is 6.52. The van der Waals surface area contributed by atoms with Crippen LogP contribution in [-0.2, 0) is 4.79 Å². The van der Waals surface area contributed by atoms with Crippen LogP contribution in [0.3, 0.4) is 0 Å². The second-order valence-electron chi connectivity index (χ2n) is 2.71. The summed E-state index contributed by atoms with van der Waals surface area (Å²) < 4.78 is 38.0. The standard InChI is InChI=1S/C10H7F3O/c1-6(14)2-3-7-4-5-8(11)10(13)9(7)12/h2-5H,1H3/b3-2+. The fourth-order valence-corrected chi connectivity index (χ4v) is 0.877. The van der Waals surface area contributed by atoms with E-state index in [1.54, 1.807) is 0 Å². The summed E-state index contributed by atoms with van der Waals surface area (Å²) >= 11 is 0. The molecule has 0 atom stereocenters. The number of hydrogen-bond acceptors (Lipinski definition) is 1. The van der Waals surface area contributed by atoms with E-state index in [2.05, 4.69) is 0 Å². The van der Waals surface area contributed by atoms with E-state index in [4.69, 9.17) is 0 Å². The fraction of sp³-hybridized carbons (Fsp3) is 0.100. The van der Waals surface area contributed by atoms with Gasteiger partial charge >= 0.3 is 0 Å². The van der Waals surface area contributed by atoms with E-state index in [-0.39, 0.29) is 11.3 Å². The third kappa shape index (κ3) is 2.22. The minimum Gasteiger partial charge on any atom is -0.295 e. The van der Waals surface area contributed by atoms with Crippen LogP contribution in [0.4, 0.5) is 13.2 Å². The molecule has 4 heteroatoms. The predicted molar refractivity (Wildman–Crippen MR) is 46.0 cm³/mol. The molecule has 14 heavy (non-hydrogen) atoms. The Balaban J connectivity index is 3.12. The second kappa shape index (κ2) is 4.09. The van der Waals surface area contributed by atoms with E-state index in [1.807, 2.05) is 0 Å². The van der Waals surface area contributed by atoms with Gasteiger partial charge in [0.05, 0.1) is 0 Å². The van der Waals surface area contributed by atoms with Gasteiger partial charge in [0, 0.05) is 5.56 Å². The molecule has 0 unspecified atom stereocenters. The van der Waals surface area contributed by atoms with Crippen molar-refractivity contribution < 1.29 is 18.0 Å². The Kier molecular flexibility index (Phi) is 3.06. The van der Waals surface area contributed by atoms with Crippen molar-refractivity contribution in [2.75, 3.05) is 0 Å². The number of carbonyl (C=O) groups excluding carboxylic acids is 1. The molecule has 0 aliphatic carbocycles. The Bertz CT molecular complexity index is 397. The van der Waals surface area contributed by atoms with Gasteiger partial charge in [0.1, 0.15) is 0 Å². The maximum absolute atomic E-state index is 12.9. The second-order valence-corrected chi connectivity index (χ2v) is 2.71. The minimum absolute atomic E-state index is 0.154. The van der Waals surface area contributed by atoms with Crippen molar-refractivity contribution in [2.45, 2.75) is 6.92 Å². The number of allylic oxidation sites excluding steroid dienone is 1. The van der Waals surface area contributed by atoms with Gasteiger partial charge < -0.3 is 0 Å². The molecule has 0 amide bonds. The van der Waals surface area contributed by atoms with Crippen LogP contribution in [0, 0.1) is 17.5 Å². The topological polar surface area (TPSA) is 17.1 Å². The zero-order valence-corrected chi connectivity index (χ0v) is 7.35. The highest BCUT2D eigenvalue weighted by Gasteiger charge is 2.10. The summed E-state index contributed by atoms with van der Waals surface area (Å²) in [7, 11) is 0. The zero-order chi connectivity index (χ0) is 10.7. The van der Waals surface area contributed by atoms with E-state index >= 15 is 0 Å². The Labute approximate surface area is 78.9 Å². The summed E-state index contributed by atoms with van der Waals surface area (Å²) in [4.78, 5) is 10.5. The van der Waals surface area contributed by atoms with E-state index < -0.39 is 17.5 Å². The Morgan fingerprint density at radius 1 is 1.21 bits per heavy atom. The van der Waals surface area contributed by atoms with Gasteiger partial charge in [-0.05, 0) is 31.2 Å². The monoisotopic (exact) mass is 200 g/mol. The smallest absolute Gasteiger partial charge is 0.195 e. The molecule has 1 aromatic rings. The van der Waals surface area contributed by atoms with Crippen LogP contribution in [0.1, 0.15) is 12.5 Å². The van der Waals surface area contributed by atoms with Gasteiger partial charge in [-0.1, -0.05) is 0 Å². The van der Waals surface area contributed by atoms with Crippen LogP contribution in [0.15, 0.2) is 18.2 Å². The van der Waals surface area contributed by atoms with Gasteiger partial charge in [0.25, 0.3) is 0 Å². The van der Waals surface area contributed by atoms with Crippen molar-refractivity contribution in [1.29, 1.82) is 0 Å². The number of rotatable bonds is 2. The summed E-state index contributed by atoms with van der Waals surface area (Å²) in [5, 5.41) is 0. The average molecular weight is 200 g/mol. The zero-order valence-electron chi connectivity index (χ0n) is 7.35. The lowest BCUT2D eigenvalue weighted by Crippen LogP contribution is -1.93. The summed E-state index contributed by atoms with van der Waals surface area (Å²) in [6.07, 6.45) is 2.18. The summed E-state index contributed by atoms with van der Waals surface area (Å²) in [6, 6.07) is 1.87. The number of benzene rings is 1. The highest BCUT2D eigenvalue weighted by molar-refractivity contribution is 5.91. The van der Waals surface area contributed by atoms with Crippen molar-refractivity contribution in [3.63, 3.8) is 0 Å². The first-order valence-electron chi connectivity index (χ1n) is 3.84. The molecule has 74 valence electrons. The molecule has 0 aliphatic heterocycles. The molecule has 1 aromatic carbocycles. The molecule has 0 aromatic heterocycles. The molecule has 0 saturated carbocycles. The third-order valence-electron chi connectivity index (χ3n) is 1.56. The van der Waals surface area contributed by atoms with Crippen LogP contribution in [0.25, 0.3) is 6.08 Å². The maximum Gasteiger partial charge on any atom is 0.195 e. The Morgan fingerprint density at radius 3 is 2.43 bits per heavy atom. The summed E-state index contributed by atoms with van der Waals surface area (Å²) in [5.74, 6) is -4.37. The molecule has 0 aliphatic rings. The average Bonchev–Trinajstić information content (AvgIpc) is 2.13. The van der Waals surface area contributed by atoms with Crippen molar-refractivity contribution in [1.82, 2.24) is 0 Å². The van der Waals surface area contributed by atoms with Crippen molar-refractivity contribution in [2.24, 2.45) is 0 Å². The lowest BCUT2D eigenvalue weighted by Gasteiger charge is -1.98. The first-order valence-corrected chi connectivity index (χ1v) is 3.84. The van der Waals surface area contributed by atoms with Crippen LogP contribution in [0.5, 0.6) is 0 Å². The SMILES string of the molecule is CC(=O)/C=C/c1ccc(F)c(F)c1F. The van der Waals surface area contributed by atoms with E-state index in [0.717, 1.165) is 24.3 Å². The van der Waals surface area contributed by atoms with Gasteiger partial charge in [-0.2, -0.15) is 0 Å². The summed E-state index contributed by atoms with van der Waals surface area (Å²) in [5.41, 5.74) is -0.154. The Morgan fingerprint density at radius 2 is 1.86 bits per heavy atom. The minimum atomic E-state index is -1.53. The highest BCUT2D eigenvalue weighted by Crippen LogP contribution is 2.16. The maximum atomic E-state index is 12.9. The van der Waals surface area contributed by atoms with Crippen molar-refractivity contribution in [3.05, 3.63) is 41.2 Å². The third-order valence-corrected chi connectivity index (χ3v) is 1.56. The van der Waals surface area contributed by atoms with Crippen LogP contribution >= 0.6 is 0 Å². The summed E-state index contributed by atoms with van der Waals surface area (Å²) in [6.45, 7) is 1.27. The predicted octanol–water partition coefficient (Wildman–Crippen LogP) is 2.71. The van der Waals surface area contributed by atoms with Crippen LogP contribution in [0.2, 0.25) is 0 Å². The molecule has 1 nitrogen and oxygen atoms in total. The molecular weight excluding hydrogens is 193 g/mol. The van der Waals surface area contributed by atoms with Gasteiger partial charge in [-0.3, -0.25) is 4.79 Å². The lowest BCUT2D eigenvalue weighted by atomic mass is 10.1. The first kappa shape index (κ1) is 10.5. The fourth-order valence-electron chi connectivity index (χ4n) is 0.877. The van der Waals surface area contributed by atoms with E-state index in [0.29, 0.717) is 0 Å². The van der Waals surface area contributed by atoms with Gasteiger partial charge in [-0.25, -0.2) is 13.2 Å². The number of hydrogen-bond donors (Lipinski definition) is 0. The van der Waals surface area contributed by atoms with Gasteiger partial charge in [-0.15, -0.1) is 0 Å².